The molecule has 0 spiro atoms. The van der Waals surface area contributed by atoms with Crippen molar-refractivity contribution in [3.05, 3.63) is 33.3 Å². The van der Waals surface area contributed by atoms with E-state index in [2.05, 4.69) is 0 Å². The molecule has 1 saturated carbocycles. The zero-order valence-corrected chi connectivity index (χ0v) is 9.89. The van der Waals surface area contributed by atoms with E-state index in [0.717, 1.165) is 19.3 Å². The predicted octanol–water partition coefficient (Wildman–Crippen LogP) is 2.51. The van der Waals surface area contributed by atoms with E-state index in [1.165, 1.54) is 18.2 Å². The summed E-state index contributed by atoms with van der Waals surface area (Å²) in [6.45, 7) is 0. The molecule has 0 aromatic heterocycles. The van der Waals surface area contributed by atoms with Crippen LogP contribution in [0.25, 0.3) is 0 Å². The van der Waals surface area contributed by atoms with Gasteiger partial charge < -0.3 is 10.5 Å². The van der Waals surface area contributed by atoms with Gasteiger partial charge in [0.15, 0.2) is 5.75 Å². The van der Waals surface area contributed by atoms with E-state index in [9.17, 15) is 10.1 Å². The summed E-state index contributed by atoms with van der Waals surface area (Å²) >= 11 is 5.81. The molecule has 0 heterocycles. The summed E-state index contributed by atoms with van der Waals surface area (Å²) in [4.78, 5) is 10.4. The molecule has 2 unspecified atom stereocenters. The summed E-state index contributed by atoms with van der Waals surface area (Å²) in [6, 6.07) is 4.22. The van der Waals surface area contributed by atoms with Gasteiger partial charge >= 0.3 is 5.69 Å². The molecule has 5 nitrogen and oxygen atoms in total. The molecule has 0 amide bonds. The standard InChI is InChI=1S/C11H13ClN2O3/c12-7-4-5-9(14(15)16)11(6-7)17-10-3-1-2-8(10)13/h4-6,8,10H,1-3,13H2. The molecule has 1 aliphatic rings. The molecular formula is C11H13ClN2O3. The summed E-state index contributed by atoms with van der Waals surface area (Å²) in [7, 11) is 0. The van der Waals surface area contributed by atoms with Crippen LogP contribution >= 0.6 is 11.6 Å². The highest BCUT2D eigenvalue weighted by Crippen LogP contribution is 2.33. The third kappa shape index (κ3) is 2.68. The van der Waals surface area contributed by atoms with E-state index in [1.807, 2.05) is 0 Å². The molecule has 1 fully saturated rings. The van der Waals surface area contributed by atoms with E-state index in [1.54, 1.807) is 0 Å². The van der Waals surface area contributed by atoms with E-state index in [-0.39, 0.29) is 23.6 Å². The SMILES string of the molecule is NC1CCCC1Oc1cc(Cl)ccc1[N+](=O)[O-]. The highest BCUT2D eigenvalue weighted by atomic mass is 35.5. The van der Waals surface area contributed by atoms with Gasteiger partial charge in [-0.15, -0.1) is 0 Å². The highest BCUT2D eigenvalue weighted by Gasteiger charge is 2.28. The van der Waals surface area contributed by atoms with Crippen LogP contribution in [0.2, 0.25) is 5.02 Å². The molecular weight excluding hydrogens is 244 g/mol. The fourth-order valence-electron chi connectivity index (χ4n) is 2.00. The number of nitrogens with two attached hydrogens (primary N) is 1. The largest absolute Gasteiger partial charge is 0.482 e. The van der Waals surface area contributed by atoms with E-state index >= 15 is 0 Å². The molecule has 2 rings (SSSR count). The first-order chi connectivity index (χ1) is 8.08. The van der Waals surface area contributed by atoms with Gasteiger partial charge in [0, 0.05) is 23.2 Å². The minimum atomic E-state index is -0.480. The van der Waals surface area contributed by atoms with Crippen molar-refractivity contribution < 1.29 is 9.66 Å². The first-order valence-electron chi connectivity index (χ1n) is 5.44. The Balaban J connectivity index is 2.24. The monoisotopic (exact) mass is 256 g/mol. The van der Waals surface area contributed by atoms with Crippen molar-refractivity contribution in [2.24, 2.45) is 5.73 Å². The van der Waals surface area contributed by atoms with Gasteiger partial charge in [0.2, 0.25) is 0 Å². The topological polar surface area (TPSA) is 78.4 Å². The van der Waals surface area contributed by atoms with Crippen molar-refractivity contribution >= 4 is 17.3 Å². The van der Waals surface area contributed by atoms with E-state index in [4.69, 9.17) is 22.1 Å². The van der Waals surface area contributed by atoms with Gasteiger partial charge in [0.1, 0.15) is 6.10 Å². The number of nitrogens with zero attached hydrogens (tertiary/aromatic N) is 1. The molecule has 1 aromatic rings. The molecule has 0 radical (unpaired) electrons. The van der Waals surface area contributed by atoms with Crippen molar-refractivity contribution in [3.63, 3.8) is 0 Å². The van der Waals surface area contributed by atoms with Crippen LogP contribution in [0.15, 0.2) is 18.2 Å². The molecule has 0 aliphatic heterocycles. The van der Waals surface area contributed by atoms with Crippen LogP contribution in [-0.2, 0) is 0 Å². The Morgan fingerprint density at radius 2 is 2.24 bits per heavy atom. The van der Waals surface area contributed by atoms with Crippen molar-refractivity contribution in [2.45, 2.75) is 31.4 Å². The number of rotatable bonds is 3. The number of nitro benzene ring substituents is 1. The molecule has 2 N–H and O–H groups in total. The molecule has 92 valence electrons. The van der Waals surface area contributed by atoms with E-state index < -0.39 is 4.92 Å². The summed E-state index contributed by atoms with van der Waals surface area (Å²) < 4.78 is 5.61. The summed E-state index contributed by atoms with van der Waals surface area (Å²) in [5.41, 5.74) is 5.79. The summed E-state index contributed by atoms with van der Waals surface area (Å²) in [6.07, 6.45) is 2.54. The lowest BCUT2D eigenvalue weighted by Gasteiger charge is -2.17. The predicted molar refractivity (Wildman–Crippen MR) is 64.3 cm³/mol. The van der Waals surface area contributed by atoms with Crippen LogP contribution in [0.3, 0.4) is 0 Å². The van der Waals surface area contributed by atoms with Crippen LogP contribution in [0.1, 0.15) is 19.3 Å². The van der Waals surface area contributed by atoms with Crippen LogP contribution < -0.4 is 10.5 Å². The molecule has 0 saturated heterocycles. The van der Waals surface area contributed by atoms with Gasteiger partial charge in [0.05, 0.1) is 4.92 Å². The first-order valence-corrected chi connectivity index (χ1v) is 5.82. The Bertz CT molecular complexity index is 439. The maximum Gasteiger partial charge on any atom is 0.311 e. The molecule has 2 atom stereocenters. The molecule has 0 bridgehead atoms. The van der Waals surface area contributed by atoms with Crippen LogP contribution in [0, 0.1) is 10.1 Å². The Hall–Kier alpha value is -1.33. The normalized spacial score (nSPS) is 23.6. The number of hydrogen-bond acceptors (Lipinski definition) is 4. The lowest BCUT2D eigenvalue weighted by Crippen LogP contribution is -2.33. The number of nitro groups is 1. The van der Waals surface area contributed by atoms with E-state index in [0.29, 0.717) is 5.02 Å². The zero-order valence-electron chi connectivity index (χ0n) is 9.14. The van der Waals surface area contributed by atoms with Gasteiger partial charge in [-0.2, -0.15) is 0 Å². The molecule has 17 heavy (non-hydrogen) atoms. The van der Waals surface area contributed by atoms with Gasteiger partial charge in [-0.05, 0) is 25.3 Å². The second kappa shape index (κ2) is 4.89. The van der Waals surface area contributed by atoms with Gasteiger partial charge in [-0.3, -0.25) is 10.1 Å². The highest BCUT2D eigenvalue weighted by molar-refractivity contribution is 6.30. The molecule has 6 heteroatoms. The molecule has 1 aliphatic carbocycles. The van der Waals surface area contributed by atoms with Crippen molar-refractivity contribution in [1.29, 1.82) is 0 Å². The first kappa shape index (κ1) is 12.1. The average molecular weight is 257 g/mol. The lowest BCUT2D eigenvalue weighted by atomic mass is 10.2. The average Bonchev–Trinajstić information content (AvgIpc) is 2.64. The Morgan fingerprint density at radius 1 is 1.47 bits per heavy atom. The number of benzene rings is 1. The fraction of sp³-hybridized carbons (Fsp3) is 0.455. The van der Waals surface area contributed by atoms with Crippen molar-refractivity contribution in [1.82, 2.24) is 0 Å². The number of halogens is 1. The second-order valence-electron chi connectivity index (χ2n) is 4.12. The van der Waals surface area contributed by atoms with Gasteiger partial charge in [-0.25, -0.2) is 0 Å². The van der Waals surface area contributed by atoms with Crippen LogP contribution in [0.4, 0.5) is 5.69 Å². The lowest BCUT2D eigenvalue weighted by molar-refractivity contribution is -0.386. The Labute approximate surface area is 104 Å². The number of hydrogen-bond donors (Lipinski definition) is 1. The Morgan fingerprint density at radius 3 is 2.82 bits per heavy atom. The van der Waals surface area contributed by atoms with Gasteiger partial charge in [0.25, 0.3) is 0 Å². The minimum Gasteiger partial charge on any atom is -0.482 e. The minimum absolute atomic E-state index is 0.0615. The second-order valence-corrected chi connectivity index (χ2v) is 4.56. The van der Waals surface area contributed by atoms with Crippen molar-refractivity contribution in [2.75, 3.05) is 0 Å². The Kier molecular flexibility index (Phi) is 3.49. The smallest absolute Gasteiger partial charge is 0.311 e. The third-order valence-electron chi connectivity index (χ3n) is 2.90. The summed E-state index contributed by atoms with van der Waals surface area (Å²) in [5.74, 6) is 0.199. The fourth-order valence-corrected chi connectivity index (χ4v) is 2.16. The number of ether oxygens (including phenoxy) is 1. The maximum atomic E-state index is 10.8. The zero-order chi connectivity index (χ0) is 12.4. The maximum absolute atomic E-state index is 10.8. The third-order valence-corrected chi connectivity index (χ3v) is 3.14. The molecule has 1 aromatic carbocycles. The van der Waals surface area contributed by atoms with Crippen LogP contribution in [-0.4, -0.2) is 17.1 Å². The summed E-state index contributed by atoms with van der Waals surface area (Å²) in [5, 5.41) is 11.3. The van der Waals surface area contributed by atoms with Crippen LogP contribution in [0.5, 0.6) is 5.75 Å². The van der Waals surface area contributed by atoms with Crippen molar-refractivity contribution in [3.8, 4) is 5.75 Å². The quantitative estimate of drug-likeness (QED) is 0.666. The van der Waals surface area contributed by atoms with Gasteiger partial charge in [-0.1, -0.05) is 11.6 Å².